The Bertz CT molecular complexity index is 342. The quantitative estimate of drug-likeness (QED) is 0.703. The van der Waals surface area contributed by atoms with Gasteiger partial charge in [-0.2, -0.15) is 0 Å². The maximum atomic E-state index is 5.32. The molecule has 1 aromatic rings. The van der Waals surface area contributed by atoms with Crippen molar-refractivity contribution < 1.29 is 0 Å². The summed E-state index contributed by atoms with van der Waals surface area (Å²) in [6, 6.07) is 10.8. The number of rotatable bonds is 1. The number of hydrogen-bond acceptors (Lipinski definition) is 2. The molecule has 0 unspecified atom stereocenters. The molecule has 0 aliphatic carbocycles. The SMILES string of the molecule is CSC(=S)N1CCC(c2ccccc2)CC1. The molecule has 0 saturated carbocycles. The summed E-state index contributed by atoms with van der Waals surface area (Å²) in [6.07, 6.45) is 4.51. The summed E-state index contributed by atoms with van der Waals surface area (Å²) in [5.41, 5.74) is 1.48. The van der Waals surface area contributed by atoms with Crippen molar-refractivity contribution in [2.75, 3.05) is 19.3 Å². The average molecular weight is 251 g/mol. The molecule has 0 N–H and O–H groups in total. The van der Waals surface area contributed by atoms with E-state index < -0.39 is 0 Å². The highest BCUT2D eigenvalue weighted by Gasteiger charge is 2.21. The number of hydrogen-bond donors (Lipinski definition) is 0. The van der Waals surface area contributed by atoms with Crippen LogP contribution in [0.3, 0.4) is 0 Å². The third-order valence-electron chi connectivity index (χ3n) is 3.20. The molecule has 0 radical (unpaired) electrons. The van der Waals surface area contributed by atoms with Crippen LogP contribution in [0.15, 0.2) is 30.3 Å². The first-order valence-corrected chi connectivity index (χ1v) is 7.32. The molecule has 0 spiro atoms. The van der Waals surface area contributed by atoms with Crippen LogP contribution in [-0.4, -0.2) is 28.6 Å². The molecule has 1 saturated heterocycles. The van der Waals surface area contributed by atoms with Crippen molar-refractivity contribution in [3.63, 3.8) is 0 Å². The lowest BCUT2D eigenvalue weighted by atomic mass is 9.90. The first kappa shape index (κ1) is 11.9. The van der Waals surface area contributed by atoms with Gasteiger partial charge in [0.15, 0.2) is 0 Å². The van der Waals surface area contributed by atoms with Gasteiger partial charge in [0.2, 0.25) is 0 Å². The van der Waals surface area contributed by atoms with Crippen molar-refractivity contribution in [1.29, 1.82) is 0 Å². The van der Waals surface area contributed by atoms with Crippen LogP contribution < -0.4 is 0 Å². The first-order valence-electron chi connectivity index (χ1n) is 5.69. The van der Waals surface area contributed by atoms with Crippen LogP contribution in [0.2, 0.25) is 0 Å². The second-order valence-electron chi connectivity index (χ2n) is 4.14. The molecule has 86 valence electrons. The van der Waals surface area contributed by atoms with E-state index in [1.165, 1.54) is 18.4 Å². The van der Waals surface area contributed by atoms with Gasteiger partial charge < -0.3 is 4.90 Å². The van der Waals surface area contributed by atoms with Crippen LogP contribution >= 0.6 is 24.0 Å². The van der Waals surface area contributed by atoms with E-state index >= 15 is 0 Å². The van der Waals surface area contributed by atoms with Gasteiger partial charge in [-0.1, -0.05) is 42.5 Å². The van der Waals surface area contributed by atoms with Crippen molar-refractivity contribution >= 4 is 28.3 Å². The van der Waals surface area contributed by atoms with Gasteiger partial charge in [0.25, 0.3) is 0 Å². The lowest BCUT2D eigenvalue weighted by molar-refractivity contribution is 0.321. The minimum absolute atomic E-state index is 0.724. The van der Waals surface area contributed by atoms with E-state index in [0.717, 1.165) is 23.3 Å². The van der Waals surface area contributed by atoms with Crippen LogP contribution in [0, 0.1) is 0 Å². The molecule has 1 aliphatic heterocycles. The van der Waals surface area contributed by atoms with Gasteiger partial charge >= 0.3 is 0 Å². The Labute approximate surface area is 107 Å². The predicted octanol–water partition coefficient (Wildman–Crippen LogP) is 3.51. The molecule has 0 atom stereocenters. The molecular formula is C13H17NS2. The van der Waals surface area contributed by atoms with E-state index in [4.69, 9.17) is 12.2 Å². The highest BCUT2D eigenvalue weighted by atomic mass is 32.2. The minimum atomic E-state index is 0.724. The van der Waals surface area contributed by atoms with Crippen LogP contribution in [0.1, 0.15) is 24.3 Å². The lowest BCUT2D eigenvalue weighted by Gasteiger charge is -2.33. The standard InChI is InChI=1S/C13H17NS2/c1-16-13(15)14-9-7-12(8-10-14)11-5-3-2-4-6-11/h2-6,12H,7-10H2,1H3. The zero-order valence-electron chi connectivity index (χ0n) is 9.56. The first-order chi connectivity index (χ1) is 7.81. The van der Waals surface area contributed by atoms with E-state index in [0.29, 0.717) is 0 Å². The molecule has 0 bridgehead atoms. The van der Waals surface area contributed by atoms with Crippen LogP contribution in [-0.2, 0) is 0 Å². The molecule has 0 aromatic heterocycles. The van der Waals surface area contributed by atoms with E-state index in [-0.39, 0.29) is 0 Å². The fourth-order valence-corrected chi connectivity index (χ4v) is 2.87. The third-order valence-corrected chi connectivity index (χ3v) is 4.56. The molecule has 1 heterocycles. The summed E-state index contributed by atoms with van der Waals surface area (Å²) in [7, 11) is 0. The van der Waals surface area contributed by atoms with Crippen LogP contribution in [0.5, 0.6) is 0 Å². The summed E-state index contributed by atoms with van der Waals surface area (Å²) in [4.78, 5) is 2.33. The van der Waals surface area contributed by atoms with E-state index in [9.17, 15) is 0 Å². The Balaban J connectivity index is 1.93. The number of piperidine rings is 1. The maximum absolute atomic E-state index is 5.32. The molecule has 3 heteroatoms. The van der Waals surface area contributed by atoms with Gasteiger partial charge in [0.1, 0.15) is 4.32 Å². The number of thioether (sulfide) groups is 1. The molecule has 0 amide bonds. The lowest BCUT2D eigenvalue weighted by Crippen LogP contribution is -2.35. The largest absolute Gasteiger partial charge is 0.357 e. The summed E-state index contributed by atoms with van der Waals surface area (Å²) in [5, 5.41) is 0. The zero-order chi connectivity index (χ0) is 11.4. The summed E-state index contributed by atoms with van der Waals surface area (Å²) >= 11 is 7.01. The van der Waals surface area contributed by atoms with E-state index in [1.54, 1.807) is 11.8 Å². The van der Waals surface area contributed by atoms with E-state index in [2.05, 4.69) is 41.5 Å². The predicted molar refractivity (Wildman–Crippen MR) is 76.1 cm³/mol. The summed E-state index contributed by atoms with van der Waals surface area (Å²) in [6.45, 7) is 2.22. The topological polar surface area (TPSA) is 3.24 Å². The number of likely N-dealkylation sites (tertiary alicyclic amines) is 1. The van der Waals surface area contributed by atoms with Crippen molar-refractivity contribution in [1.82, 2.24) is 4.90 Å². The summed E-state index contributed by atoms with van der Waals surface area (Å²) in [5.74, 6) is 0.724. The third kappa shape index (κ3) is 2.77. The zero-order valence-corrected chi connectivity index (χ0v) is 11.2. The number of nitrogens with zero attached hydrogens (tertiary/aromatic N) is 1. The molecule has 1 nitrogen and oxygen atoms in total. The normalized spacial score (nSPS) is 17.4. The second kappa shape index (κ2) is 5.69. The van der Waals surface area contributed by atoms with Gasteiger partial charge in [-0.25, -0.2) is 0 Å². The van der Waals surface area contributed by atoms with Crippen LogP contribution in [0.4, 0.5) is 0 Å². The fraction of sp³-hybridized carbons (Fsp3) is 0.462. The Kier molecular flexibility index (Phi) is 4.24. The second-order valence-corrected chi connectivity index (χ2v) is 5.58. The Morgan fingerprint density at radius 3 is 2.44 bits per heavy atom. The Morgan fingerprint density at radius 2 is 1.88 bits per heavy atom. The monoisotopic (exact) mass is 251 g/mol. The maximum Gasteiger partial charge on any atom is 0.136 e. The minimum Gasteiger partial charge on any atom is -0.357 e. The van der Waals surface area contributed by atoms with Crippen molar-refractivity contribution in [2.24, 2.45) is 0 Å². The highest BCUT2D eigenvalue weighted by molar-refractivity contribution is 8.22. The van der Waals surface area contributed by atoms with Crippen molar-refractivity contribution in [3.8, 4) is 0 Å². The molecule has 1 aliphatic rings. The van der Waals surface area contributed by atoms with Crippen molar-refractivity contribution in [2.45, 2.75) is 18.8 Å². The van der Waals surface area contributed by atoms with Gasteiger partial charge in [-0.15, -0.1) is 11.8 Å². The van der Waals surface area contributed by atoms with Gasteiger partial charge in [0, 0.05) is 13.1 Å². The molecule has 16 heavy (non-hydrogen) atoms. The molecule has 1 aromatic carbocycles. The van der Waals surface area contributed by atoms with Crippen LogP contribution in [0.25, 0.3) is 0 Å². The molecule has 1 fully saturated rings. The average Bonchev–Trinajstić information content (AvgIpc) is 2.39. The highest BCUT2D eigenvalue weighted by Crippen LogP contribution is 2.28. The molecule has 2 rings (SSSR count). The van der Waals surface area contributed by atoms with Gasteiger partial charge in [-0.3, -0.25) is 0 Å². The smallest absolute Gasteiger partial charge is 0.136 e. The van der Waals surface area contributed by atoms with Gasteiger partial charge in [0.05, 0.1) is 0 Å². The number of thiocarbonyl (C=S) groups is 1. The molecular weight excluding hydrogens is 234 g/mol. The fourth-order valence-electron chi connectivity index (χ4n) is 2.25. The number of benzene rings is 1. The Morgan fingerprint density at radius 1 is 1.25 bits per heavy atom. The summed E-state index contributed by atoms with van der Waals surface area (Å²) < 4.78 is 1.05. The Hall–Kier alpha value is -0.540. The van der Waals surface area contributed by atoms with Crippen molar-refractivity contribution in [3.05, 3.63) is 35.9 Å². The van der Waals surface area contributed by atoms with E-state index in [1.807, 2.05) is 0 Å². The van der Waals surface area contributed by atoms with Gasteiger partial charge in [-0.05, 0) is 30.6 Å².